The molecule has 0 spiro atoms. The molecule has 1 unspecified atom stereocenters. The lowest BCUT2D eigenvalue weighted by Gasteiger charge is -2.12. The van der Waals surface area contributed by atoms with Gasteiger partial charge in [0.15, 0.2) is 0 Å². The number of benzene rings is 1. The zero-order valence-corrected chi connectivity index (χ0v) is 12.6. The number of nitrogens with one attached hydrogen (secondary N) is 1. The van der Waals surface area contributed by atoms with Gasteiger partial charge in [-0.2, -0.15) is 0 Å². The van der Waals surface area contributed by atoms with Crippen molar-refractivity contribution in [3.8, 4) is 0 Å². The van der Waals surface area contributed by atoms with Crippen molar-refractivity contribution in [1.82, 2.24) is 9.97 Å². The van der Waals surface area contributed by atoms with Crippen molar-refractivity contribution < 1.29 is 5.11 Å². The highest BCUT2D eigenvalue weighted by Crippen LogP contribution is 2.28. The summed E-state index contributed by atoms with van der Waals surface area (Å²) in [5, 5.41) is 15.5. The summed E-state index contributed by atoms with van der Waals surface area (Å²) in [6, 6.07) is 9.71. The number of hydrogen-bond acceptors (Lipinski definition) is 5. The lowest BCUT2D eigenvalue weighted by molar-refractivity contribution is 0.171. The monoisotopic (exact) mass is 299 g/mol. The Balaban J connectivity index is 1.65. The summed E-state index contributed by atoms with van der Waals surface area (Å²) in [7, 11) is 0. The summed E-state index contributed by atoms with van der Waals surface area (Å²) in [5.74, 6) is 0.846. The van der Waals surface area contributed by atoms with Gasteiger partial charge in [0, 0.05) is 6.54 Å². The van der Waals surface area contributed by atoms with Crippen LogP contribution in [0.25, 0.3) is 10.2 Å². The third-order valence-corrected chi connectivity index (χ3v) is 4.52. The second-order valence-electron chi connectivity index (χ2n) is 4.96. The summed E-state index contributed by atoms with van der Waals surface area (Å²) in [6.45, 7) is 2.72. The van der Waals surface area contributed by atoms with E-state index in [0.717, 1.165) is 21.6 Å². The number of rotatable bonds is 5. The first-order valence-corrected chi connectivity index (χ1v) is 7.79. The molecule has 5 heteroatoms. The minimum Gasteiger partial charge on any atom is -0.388 e. The van der Waals surface area contributed by atoms with Crippen LogP contribution in [0, 0.1) is 6.92 Å². The van der Waals surface area contributed by atoms with E-state index in [-0.39, 0.29) is 0 Å². The Morgan fingerprint density at radius 1 is 1.24 bits per heavy atom. The van der Waals surface area contributed by atoms with Crippen molar-refractivity contribution in [3.63, 3.8) is 0 Å². The Hall–Kier alpha value is -1.98. The van der Waals surface area contributed by atoms with Crippen molar-refractivity contribution in [2.45, 2.75) is 19.4 Å². The minimum absolute atomic E-state index is 0.457. The number of aliphatic hydroxyl groups is 1. The van der Waals surface area contributed by atoms with Gasteiger partial charge in [0.1, 0.15) is 12.1 Å². The molecular formula is C16H17N3OS. The Bertz CT molecular complexity index is 727. The van der Waals surface area contributed by atoms with E-state index in [0.29, 0.717) is 13.0 Å². The van der Waals surface area contributed by atoms with Crippen LogP contribution in [0.15, 0.2) is 42.0 Å². The molecule has 1 aromatic carbocycles. The van der Waals surface area contributed by atoms with E-state index in [1.165, 1.54) is 5.56 Å². The SMILES string of the molecule is Cc1csc2c(NCCC(O)c3ccccc3)ncnc12. The second-order valence-corrected chi connectivity index (χ2v) is 5.84. The van der Waals surface area contributed by atoms with Gasteiger partial charge in [-0.05, 0) is 29.9 Å². The van der Waals surface area contributed by atoms with Gasteiger partial charge in [0.05, 0.1) is 16.3 Å². The van der Waals surface area contributed by atoms with E-state index >= 15 is 0 Å². The third-order valence-electron chi connectivity index (χ3n) is 3.43. The van der Waals surface area contributed by atoms with Crippen molar-refractivity contribution in [3.05, 3.63) is 53.2 Å². The van der Waals surface area contributed by atoms with Gasteiger partial charge in [-0.25, -0.2) is 9.97 Å². The van der Waals surface area contributed by atoms with Crippen LogP contribution in [0.5, 0.6) is 0 Å². The highest BCUT2D eigenvalue weighted by Gasteiger charge is 2.09. The number of anilines is 1. The lowest BCUT2D eigenvalue weighted by Crippen LogP contribution is -2.08. The van der Waals surface area contributed by atoms with Gasteiger partial charge in [-0.3, -0.25) is 0 Å². The first-order chi connectivity index (χ1) is 10.3. The van der Waals surface area contributed by atoms with Crippen LogP contribution in [0.3, 0.4) is 0 Å². The fourth-order valence-electron chi connectivity index (χ4n) is 2.26. The average molecular weight is 299 g/mol. The van der Waals surface area contributed by atoms with Crippen LogP contribution >= 0.6 is 11.3 Å². The first kappa shape index (κ1) is 14.0. The molecule has 0 bridgehead atoms. The van der Waals surface area contributed by atoms with Crippen molar-refractivity contribution in [1.29, 1.82) is 0 Å². The number of nitrogens with zero attached hydrogens (tertiary/aromatic N) is 2. The van der Waals surface area contributed by atoms with Crippen LogP contribution in [0.4, 0.5) is 5.82 Å². The predicted molar refractivity (Wildman–Crippen MR) is 86.7 cm³/mol. The standard InChI is InChI=1S/C16H17N3OS/c1-11-9-21-15-14(11)18-10-19-16(15)17-8-7-13(20)12-5-3-2-4-6-12/h2-6,9-10,13,20H,7-8H2,1H3,(H,17,18,19). The van der Waals surface area contributed by atoms with E-state index in [2.05, 4.69) is 27.6 Å². The average Bonchev–Trinajstić information content (AvgIpc) is 2.91. The topological polar surface area (TPSA) is 58.0 Å². The number of fused-ring (bicyclic) bond motifs is 1. The highest BCUT2D eigenvalue weighted by molar-refractivity contribution is 7.18. The largest absolute Gasteiger partial charge is 0.388 e. The molecule has 0 saturated heterocycles. The quantitative estimate of drug-likeness (QED) is 0.756. The van der Waals surface area contributed by atoms with Crippen LogP contribution in [0.2, 0.25) is 0 Å². The summed E-state index contributed by atoms with van der Waals surface area (Å²) in [6.07, 6.45) is 1.76. The highest BCUT2D eigenvalue weighted by atomic mass is 32.1. The Morgan fingerprint density at radius 3 is 2.86 bits per heavy atom. The third kappa shape index (κ3) is 3.04. The minimum atomic E-state index is -0.457. The Morgan fingerprint density at radius 2 is 2.05 bits per heavy atom. The first-order valence-electron chi connectivity index (χ1n) is 6.91. The van der Waals surface area contributed by atoms with Crippen LogP contribution < -0.4 is 5.32 Å². The molecule has 0 saturated carbocycles. The molecule has 2 N–H and O–H groups in total. The van der Waals surface area contributed by atoms with Crippen LogP contribution in [0.1, 0.15) is 23.7 Å². The maximum atomic E-state index is 10.1. The number of aromatic nitrogens is 2. The molecule has 4 nitrogen and oxygen atoms in total. The maximum Gasteiger partial charge on any atom is 0.147 e. The molecule has 0 amide bonds. The Labute approximate surface area is 127 Å². The molecule has 0 aliphatic heterocycles. The summed E-state index contributed by atoms with van der Waals surface area (Å²) in [5.41, 5.74) is 3.12. The molecule has 2 aromatic heterocycles. The van der Waals surface area contributed by atoms with Crippen molar-refractivity contribution in [2.24, 2.45) is 0 Å². The Kier molecular flexibility index (Phi) is 4.13. The van der Waals surface area contributed by atoms with Crippen LogP contribution in [-0.4, -0.2) is 21.6 Å². The molecule has 3 aromatic rings. The summed E-state index contributed by atoms with van der Waals surface area (Å²) in [4.78, 5) is 8.60. The van der Waals surface area contributed by atoms with E-state index in [1.54, 1.807) is 17.7 Å². The summed E-state index contributed by atoms with van der Waals surface area (Å²) >= 11 is 1.65. The van der Waals surface area contributed by atoms with E-state index < -0.39 is 6.10 Å². The molecule has 108 valence electrons. The predicted octanol–water partition coefficient (Wildman–Crippen LogP) is 3.54. The molecule has 1 atom stereocenters. The molecule has 0 fully saturated rings. The van der Waals surface area contributed by atoms with Crippen molar-refractivity contribution >= 4 is 27.4 Å². The normalized spacial score (nSPS) is 12.5. The van der Waals surface area contributed by atoms with Crippen molar-refractivity contribution in [2.75, 3.05) is 11.9 Å². The molecule has 0 aliphatic carbocycles. The number of aryl methyl sites for hydroxylation is 1. The molecule has 0 aliphatic rings. The molecule has 0 radical (unpaired) electrons. The van der Waals surface area contributed by atoms with E-state index in [1.807, 2.05) is 30.3 Å². The zero-order chi connectivity index (χ0) is 14.7. The fraction of sp³-hybridized carbons (Fsp3) is 0.250. The van der Waals surface area contributed by atoms with Gasteiger partial charge in [0.25, 0.3) is 0 Å². The van der Waals surface area contributed by atoms with E-state index in [4.69, 9.17) is 0 Å². The molecule has 2 heterocycles. The molecule has 21 heavy (non-hydrogen) atoms. The van der Waals surface area contributed by atoms with Gasteiger partial charge in [-0.15, -0.1) is 11.3 Å². The second kappa shape index (κ2) is 6.20. The smallest absolute Gasteiger partial charge is 0.147 e. The number of thiophene rings is 1. The number of aliphatic hydroxyl groups excluding tert-OH is 1. The molecule has 3 rings (SSSR count). The molecular weight excluding hydrogens is 282 g/mol. The van der Waals surface area contributed by atoms with Gasteiger partial charge in [-0.1, -0.05) is 30.3 Å². The zero-order valence-electron chi connectivity index (χ0n) is 11.8. The van der Waals surface area contributed by atoms with Gasteiger partial charge < -0.3 is 10.4 Å². The maximum absolute atomic E-state index is 10.1. The number of hydrogen-bond donors (Lipinski definition) is 2. The van der Waals surface area contributed by atoms with Gasteiger partial charge >= 0.3 is 0 Å². The van der Waals surface area contributed by atoms with Gasteiger partial charge in [0.2, 0.25) is 0 Å². The fourth-order valence-corrected chi connectivity index (χ4v) is 3.23. The van der Waals surface area contributed by atoms with Crippen LogP contribution in [-0.2, 0) is 0 Å². The lowest BCUT2D eigenvalue weighted by atomic mass is 10.1. The van der Waals surface area contributed by atoms with E-state index in [9.17, 15) is 5.11 Å². The summed E-state index contributed by atoms with van der Waals surface area (Å²) < 4.78 is 1.07.